The largest absolute Gasteiger partial charge is 0.465 e. The SMILES string of the molecule is COC(=O)c1ccc(N2CCN(C(=O)C[C@H]3C(=O)NCCN3Cc3ccccc3)CC2)cc1. The number of carbonyl (C=O) groups excluding carboxylic acids is 3. The number of ether oxygens (including phenoxy) is 1. The molecule has 0 spiro atoms. The quantitative estimate of drug-likeness (QED) is 0.672. The molecule has 1 atom stereocenters. The third-order valence-corrected chi connectivity index (χ3v) is 6.32. The minimum absolute atomic E-state index is 0.0100. The zero-order valence-corrected chi connectivity index (χ0v) is 18.9. The van der Waals surface area contributed by atoms with Gasteiger partial charge in [0.05, 0.1) is 25.1 Å². The summed E-state index contributed by atoms with van der Waals surface area (Å²) in [6.45, 7) is 4.59. The molecule has 2 amide bonds. The van der Waals surface area contributed by atoms with Gasteiger partial charge in [0.2, 0.25) is 11.8 Å². The van der Waals surface area contributed by atoms with E-state index < -0.39 is 6.04 Å². The van der Waals surface area contributed by atoms with Gasteiger partial charge in [-0.1, -0.05) is 30.3 Å². The Bertz CT molecular complexity index is 972. The van der Waals surface area contributed by atoms with Crippen molar-refractivity contribution in [3.8, 4) is 0 Å². The zero-order valence-electron chi connectivity index (χ0n) is 18.9. The molecule has 1 N–H and O–H groups in total. The maximum absolute atomic E-state index is 13.1. The fraction of sp³-hybridized carbons (Fsp3) is 0.400. The number of hydrogen-bond donors (Lipinski definition) is 1. The van der Waals surface area contributed by atoms with Gasteiger partial charge in [0.1, 0.15) is 0 Å². The van der Waals surface area contributed by atoms with Crippen molar-refractivity contribution in [2.45, 2.75) is 19.0 Å². The molecule has 0 unspecified atom stereocenters. The Labute approximate surface area is 194 Å². The number of esters is 1. The van der Waals surface area contributed by atoms with Gasteiger partial charge in [0.25, 0.3) is 0 Å². The predicted molar refractivity (Wildman–Crippen MR) is 125 cm³/mol. The molecule has 2 aliphatic heterocycles. The molecule has 0 bridgehead atoms. The predicted octanol–water partition coefficient (Wildman–Crippen LogP) is 1.51. The normalized spacial score (nSPS) is 19.2. The third-order valence-electron chi connectivity index (χ3n) is 6.32. The molecule has 2 saturated heterocycles. The van der Waals surface area contributed by atoms with Crippen LogP contribution in [0.1, 0.15) is 22.3 Å². The molecule has 0 aliphatic carbocycles. The van der Waals surface area contributed by atoms with Crippen molar-refractivity contribution < 1.29 is 19.1 Å². The fourth-order valence-corrected chi connectivity index (χ4v) is 4.43. The number of nitrogens with one attached hydrogen (secondary N) is 1. The smallest absolute Gasteiger partial charge is 0.337 e. The lowest BCUT2D eigenvalue weighted by Crippen LogP contribution is -2.57. The molecule has 0 radical (unpaired) electrons. The van der Waals surface area contributed by atoms with E-state index in [0.717, 1.165) is 17.8 Å². The summed E-state index contributed by atoms with van der Waals surface area (Å²) in [5, 5.41) is 2.91. The van der Waals surface area contributed by atoms with Crippen LogP contribution in [0.5, 0.6) is 0 Å². The van der Waals surface area contributed by atoms with E-state index in [9.17, 15) is 14.4 Å². The van der Waals surface area contributed by atoms with E-state index in [1.54, 1.807) is 12.1 Å². The summed E-state index contributed by atoms with van der Waals surface area (Å²) in [5.74, 6) is -0.421. The van der Waals surface area contributed by atoms with Gasteiger partial charge in [-0.15, -0.1) is 0 Å². The number of anilines is 1. The minimum Gasteiger partial charge on any atom is -0.465 e. The van der Waals surface area contributed by atoms with E-state index in [1.807, 2.05) is 47.4 Å². The maximum Gasteiger partial charge on any atom is 0.337 e. The lowest BCUT2D eigenvalue weighted by atomic mass is 10.1. The number of benzene rings is 2. The standard InChI is InChI=1S/C25H30N4O4/c1-33-25(32)20-7-9-21(10-8-20)27-13-15-28(16-14-27)23(30)17-22-24(31)26-11-12-29(22)18-19-5-3-2-4-6-19/h2-10,22H,11-18H2,1H3,(H,26,31)/t22-/m0/s1. The molecule has 8 nitrogen and oxygen atoms in total. The molecule has 4 rings (SSSR count). The van der Waals surface area contributed by atoms with Crippen LogP contribution in [0.2, 0.25) is 0 Å². The van der Waals surface area contributed by atoms with Crippen LogP contribution in [0.25, 0.3) is 0 Å². The topological polar surface area (TPSA) is 82.2 Å². The van der Waals surface area contributed by atoms with Crippen LogP contribution in [0.4, 0.5) is 5.69 Å². The molecular formula is C25H30N4O4. The summed E-state index contributed by atoms with van der Waals surface area (Å²) in [7, 11) is 1.37. The molecule has 2 aromatic carbocycles. The molecule has 0 saturated carbocycles. The molecule has 33 heavy (non-hydrogen) atoms. The van der Waals surface area contributed by atoms with E-state index in [-0.39, 0.29) is 24.2 Å². The second-order valence-electron chi connectivity index (χ2n) is 8.37. The molecule has 174 valence electrons. The van der Waals surface area contributed by atoms with Gasteiger partial charge in [0.15, 0.2) is 0 Å². The summed E-state index contributed by atoms with van der Waals surface area (Å²) in [4.78, 5) is 43.4. The summed E-state index contributed by atoms with van der Waals surface area (Å²) in [6, 6.07) is 16.9. The van der Waals surface area contributed by atoms with Crippen LogP contribution < -0.4 is 10.2 Å². The first-order chi connectivity index (χ1) is 16.0. The van der Waals surface area contributed by atoms with Crippen molar-refractivity contribution in [2.75, 3.05) is 51.3 Å². The van der Waals surface area contributed by atoms with E-state index in [4.69, 9.17) is 4.74 Å². The highest BCUT2D eigenvalue weighted by molar-refractivity contribution is 5.90. The molecule has 2 fully saturated rings. The van der Waals surface area contributed by atoms with Gasteiger partial charge in [-0.25, -0.2) is 4.79 Å². The fourth-order valence-electron chi connectivity index (χ4n) is 4.43. The molecule has 0 aromatic heterocycles. The van der Waals surface area contributed by atoms with E-state index in [0.29, 0.717) is 44.8 Å². The average molecular weight is 451 g/mol. The second-order valence-corrected chi connectivity index (χ2v) is 8.37. The Morgan fingerprint density at radius 1 is 0.970 bits per heavy atom. The van der Waals surface area contributed by atoms with Crippen LogP contribution in [0, 0.1) is 0 Å². The van der Waals surface area contributed by atoms with Crippen molar-refractivity contribution in [3.63, 3.8) is 0 Å². The maximum atomic E-state index is 13.1. The Morgan fingerprint density at radius 2 is 1.67 bits per heavy atom. The van der Waals surface area contributed by atoms with Gasteiger partial charge < -0.3 is 19.9 Å². The van der Waals surface area contributed by atoms with Crippen molar-refractivity contribution in [2.24, 2.45) is 0 Å². The molecule has 8 heteroatoms. The highest BCUT2D eigenvalue weighted by atomic mass is 16.5. The number of hydrogen-bond acceptors (Lipinski definition) is 6. The van der Waals surface area contributed by atoms with Crippen LogP contribution in [0.15, 0.2) is 54.6 Å². The van der Waals surface area contributed by atoms with E-state index in [1.165, 1.54) is 7.11 Å². The number of amides is 2. The summed E-state index contributed by atoms with van der Waals surface area (Å²) in [5.41, 5.74) is 2.66. The first-order valence-electron chi connectivity index (χ1n) is 11.3. The zero-order chi connectivity index (χ0) is 23.2. The Kier molecular flexibility index (Phi) is 7.24. The number of nitrogens with zero attached hydrogens (tertiary/aromatic N) is 3. The first-order valence-corrected chi connectivity index (χ1v) is 11.3. The number of methoxy groups -OCH3 is 1. The summed E-state index contributed by atoms with van der Waals surface area (Å²) >= 11 is 0. The molecule has 2 heterocycles. The monoisotopic (exact) mass is 450 g/mol. The van der Waals surface area contributed by atoms with Crippen LogP contribution in [-0.4, -0.2) is 80.0 Å². The number of carbonyl (C=O) groups is 3. The van der Waals surface area contributed by atoms with Gasteiger partial charge in [0, 0.05) is 51.5 Å². The highest BCUT2D eigenvalue weighted by Gasteiger charge is 2.33. The van der Waals surface area contributed by atoms with Gasteiger partial charge in [-0.3, -0.25) is 14.5 Å². The van der Waals surface area contributed by atoms with Gasteiger partial charge in [-0.05, 0) is 29.8 Å². The van der Waals surface area contributed by atoms with Crippen molar-refractivity contribution in [1.82, 2.24) is 15.1 Å². The number of rotatable bonds is 6. The molecule has 2 aliphatic rings. The van der Waals surface area contributed by atoms with Crippen LogP contribution >= 0.6 is 0 Å². The third kappa shape index (κ3) is 5.51. The van der Waals surface area contributed by atoms with Crippen LogP contribution in [-0.2, 0) is 20.9 Å². The minimum atomic E-state index is -0.449. The lowest BCUT2D eigenvalue weighted by Gasteiger charge is -2.39. The van der Waals surface area contributed by atoms with Gasteiger partial charge >= 0.3 is 5.97 Å². The lowest BCUT2D eigenvalue weighted by molar-refractivity contribution is -0.139. The van der Waals surface area contributed by atoms with Gasteiger partial charge in [-0.2, -0.15) is 0 Å². The van der Waals surface area contributed by atoms with Crippen molar-refractivity contribution in [1.29, 1.82) is 0 Å². The second kappa shape index (κ2) is 10.5. The number of piperazine rings is 2. The highest BCUT2D eigenvalue weighted by Crippen LogP contribution is 2.20. The Morgan fingerprint density at radius 3 is 2.33 bits per heavy atom. The Balaban J connectivity index is 1.33. The van der Waals surface area contributed by atoms with Crippen LogP contribution in [0.3, 0.4) is 0 Å². The van der Waals surface area contributed by atoms with Crippen molar-refractivity contribution in [3.05, 3.63) is 65.7 Å². The van der Waals surface area contributed by atoms with E-state index >= 15 is 0 Å². The molecule has 2 aromatic rings. The molecular weight excluding hydrogens is 420 g/mol. The van der Waals surface area contributed by atoms with Crippen molar-refractivity contribution >= 4 is 23.5 Å². The average Bonchev–Trinajstić information content (AvgIpc) is 2.86. The first kappa shape index (κ1) is 22.8. The Hall–Kier alpha value is -3.39. The summed E-state index contributed by atoms with van der Waals surface area (Å²) in [6.07, 6.45) is 0.187. The summed E-state index contributed by atoms with van der Waals surface area (Å²) < 4.78 is 4.74. The van der Waals surface area contributed by atoms with E-state index in [2.05, 4.69) is 15.1 Å².